The molecule has 9 heterocycles. The van der Waals surface area contributed by atoms with E-state index in [1.807, 2.05) is 13.8 Å². The largest absolute Gasteiger partial charge is 0.461 e. The van der Waals surface area contributed by atoms with Crippen molar-refractivity contribution in [2.75, 3.05) is 82.8 Å². The number of halogens is 6. The summed E-state index contributed by atoms with van der Waals surface area (Å²) < 4.78 is 102. The first-order valence-corrected chi connectivity index (χ1v) is 25.1. The van der Waals surface area contributed by atoms with Crippen LogP contribution in [-0.2, 0) is 21.8 Å². The normalized spacial score (nSPS) is 19.5. The first kappa shape index (κ1) is 54.3. The lowest BCUT2D eigenvalue weighted by Crippen LogP contribution is -2.56. The molecular weight excluding hydrogens is 1050 g/mol. The molecule has 5 aliphatic rings. The van der Waals surface area contributed by atoms with Gasteiger partial charge in [-0.1, -0.05) is 24.3 Å². The number of fused-ring (bicyclic) bond motifs is 8. The molecule has 4 amide bonds. The van der Waals surface area contributed by atoms with E-state index in [2.05, 4.69) is 60.3 Å². The Morgan fingerprint density at radius 1 is 0.722 bits per heavy atom. The van der Waals surface area contributed by atoms with Crippen molar-refractivity contribution in [3.05, 3.63) is 96.6 Å². The Morgan fingerprint density at radius 2 is 1.22 bits per heavy atom. The molecule has 0 radical (unpaired) electrons. The van der Waals surface area contributed by atoms with Crippen LogP contribution in [0.25, 0.3) is 22.8 Å². The summed E-state index contributed by atoms with van der Waals surface area (Å²) in [4.78, 5) is 68.6. The molecule has 3 saturated heterocycles. The van der Waals surface area contributed by atoms with Gasteiger partial charge in [-0.25, -0.2) is 39.5 Å². The molecular formula is C51H52F6N14O8. The number of amides is 4. The van der Waals surface area contributed by atoms with Crippen LogP contribution in [0.4, 0.5) is 70.6 Å². The maximum Gasteiger partial charge on any atom is 0.416 e. The minimum absolute atomic E-state index is 0.0631. The van der Waals surface area contributed by atoms with Gasteiger partial charge in [0.2, 0.25) is 0 Å². The Kier molecular flexibility index (Phi) is 15.4. The zero-order valence-corrected chi connectivity index (χ0v) is 42.4. The van der Waals surface area contributed by atoms with Crippen LogP contribution in [0.2, 0.25) is 0 Å². The number of aliphatic hydroxyl groups excluding tert-OH is 2. The second kappa shape index (κ2) is 22.3. The summed E-state index contributed by atoms with van der Waals surface area (Å²) in [7, 11) is 0. The number of nitrogens with one attached hydrogen (secondary N) is 2. The summed E-state index contributed by atoms with van der Waals surface area (Å²) >= 11 is 0. The average molecular weight is 1100 g/mol. The van der Waals surface area contributed by atoms with E-state index in [0.717, 1.165) is 56.6 Å². The van der Waals surface area contributed by atoms with Gasteiger partial charge in [-0.05, 0) is 75.9 Å². The second-order valence-corrected chi connectivity index (χ2v) is 19.4. The van der Waals surface area contributed by atoms with E-state index in [-0.39, 0.29) is 83.7 Å². The van der Waals surface area contributed by atoms with Crippen LogP contribution in [0, 0.1) is 0 Å². The third-order valence-corrected chi connectivity index (χ3v) is 13.3. The van der Waals surface area contributed by atoms with Gasteiger partial charge in [0, 0.05) is 49.7 Å². The van der Waals surface area contributed by atoms with Crippen LogP contribution in [0.5, 0.6) is 12.0 Å². The van der Waals surface area contributed by atoms with E-state index in [1.54, 1.807) is 6.20 Å². The molecule has 11 rings (SSSR count). The standard InChI is InChI=1S/C27H28F3N7O4.C24H24F3N7O4/c1-26(2)40-15-19(41-26)14-39-24-31-9-8-21(33-24)34-25(38)37-18-7-4-10-36(13-18)20-12-32-22(35-23(20)37)16-5-3-6-17(11-16)27(28,29)30;25-24(26,27)15-4-1-3-14(9-15)20-29-10-18-21(32-20)34(16-5-2-8-33(18)11-16)23(37)31-19-6-7-28-22(30-19)38-13-17(36)12-35/h3,5-6,8-9,11-12,18-19H,4,7,10,13-15H2,1-2H3,(H,31,33,34,38);1,3-4,6-7,9-10,16-17,35-36H,2,5,8,11-13H2,(H,28,30,31,37)/t18-,19-;16-,17+/m00/s1. The zero-order chi connectivity index (χ0) is 55.6. The zero-order valence-electron chi connectivity index (χ0n) is 42.4. The first-order valence-electron chi connectivity index (χ1n) is 25.1. The number of urea groups is 2. The lowest BCUT2D eigenvalue weighted by atomic mass is 10.0. The highest BCUT2D eigenvalue weighted by Crippen LogP contribution is 2.42. The average Bonchev–Trinajstić information content (AvgIpc) is 4.00. The fourth-order valence-electron chi connectivity index (χ4n) is 9.66. The summed E-state index contributed by atoms with van der Waals surface area (Å²) in [5.41, 5.74) is 0.00312. The molecule has 6 aromatic rings. The lowest BCUT2D eigenvalue weighted by Gasteiger charge is -2.45. The number of anilines is 6. The van der Waals surface area contributed by atoms with E-state index >= 15 is 0 Å². The summed E-state index contributed by atoms with van der Waals surface area (Å²) in [5, 5.41) is 23.9. The number of ether oxygens (including phenoxy) is 4. The molecule has 79 heavy (non-hydrogen) atoms. The lowest BCUT2D eigenvalue weighted by molar-refractivity contribution is -0.141. The van der Waals surface area contributed by atoms with Gasteiger partial charge in [-0.3, -0.25) is 20.4 Å². The number of aliphatic hydroxyl groups is 2. The highest BCUT2D eigenvalue weighted by atomic mass is 19.4. The van der Waals surface area contributed by atoms with Gasteiger partial charge in [0.25, 0.3) is 0 Å². The van der Waals surface area contributed by atoms with Gasteiger partial charge in [0.1, 0.15) is 37.1 Å². The third-order valence-electron chi connectivity index (χ3n) is 13.3. The fourth-order valence-corrected chi connectivity index (χ4v) is 9.66. The number of aromatic nitrogens is 8. The highest BCUT2D eigenvalue weighted by molar-refractivity contribution is 6.05. The Morgan fingerprint density at radius 3 is 1.67 bits per heavy atom. The number of carbonyl (C=O) groups is 2. The van der Waals surface area contributed by atoms with Gasteiger partial charge < -0.3 is 39.0 Å². The van der Waals surface area contributed by atoms with Crippen molar-refractivity contribution >= 4 is 46.7 Å². The number of rotatable bonds is 11. The predicted octanol–water partition coefficient (Wildman–Crippen LogP) is 7.21. The van der Waals surface area contributed by atoms with Crippen molar-refractivity contribution in [3.63, 3.8) is 0 Å². The molecule has 5 aliphatic heterocycles. The summed E-state index contributed by atoms with van der Waals surface area (Å²) in [6.07, 6.45) is -1.34. The summed E-state index contributed by atoms with van der Waals surface area (Å²) in [6.45, 7) is 6.12. The molecule has 0 saturated carbocycles. The van der Waals surface area contributed by atoms with E-state index in [9.17, 15) is 41.0 Å². The quantitative estimate of drug-likeness (QED) is 0.0935. The van der Waals surface area contributed by atoms with Crippen LogP contribution in [0.1, 0.15) is 50.7 Å². The molecule has 4 aromatic heterocycles. The minimum Gasteiger partial charge on any atom is -0.461 e. The van der Waals surface area contributed by atoms with Gasteiger partial charge in [0.05, 0.1) is 60.2 Å². The van der Waals surface area contributed by atoms with E-state index in [4.69, 9.17) is 24.1 Å². The molecule has 4 N–H and O–H groups in total. The molecule has 0 unspecified atom stereocenters. The van der Waals surface area contributed by atoms with Crippen molar-refractivity contribution in [2.24, 2.45) is 0 Å². The van der Waals surface area contributed by atoms with Crippen molar-refractivity contribution in [2.45, 2.75) is 82.0 Å². The van der Waals surface area contributed by atoms with Crippen LogP contribution in [0.3, 0.4) is 0 Å². The van der Waals surface area contributed by atoms with Crippen LogP contribution in [0.15, 0.2) is 85.5 Å². The topological polar surface area (TPSA) is 252 Å². The smallest absolute Gasteiger partial charge is 0.416 e. The number of hydrogen-bond donors (Lipinski definition) is 4. The first-order chi connectivity index (χ1) is 37.8. The fraction of sp³-hybridized carbons (Fsp3) is 0.412. The summed E-state index contributed by atoms with van der Waals surface area (Å²) in [5.74, 6) is 0.433. The van der Waals surface area contributed by atoms with Gasteiger partial charge in [-0.15, -0.1) is 0 Å². The number of carbonyl (C=O) groups excluding carboxylic acids is 2. The van der Waals surface area contributed by atoms with Crippen molar-refractivity contribution in [1.29, 1.82) is 0 Å². The van der Waals surface area contributed by atoms with Crippen molar-refractivity contribution in [1.82, 2.24) is 39.9 Å². The Hall–Kier alpha value is -8.08. The monoisotopic (exact) mass is 1100 g/mol. The molecule has 28 heteroatoms. The molecule has 3 fully saturated rings. The minimum atomic E-state index is -4.52. The number of alkyl halides is 6. The van der Waals surface area contributed by atoms with Crippen molar-refractivity contribution < 1.29 is 65.1 Å². The Balaban J connectivity index is 0.000000179. The molecule has 0 aliphatic carbocycles. The number of benzene rings is 2. The number of hydrogen-bond acceptors (Lipinski definition) is 18. The van der Waals surface area contributed by atoms with Gasteiger partial charge >= 0.3 is 36.4 Å². The predicted molar refractivity (Wildman–Crippen MR) is 271 cm³/mol. The molecule has 4 atom stereocenters. The Bertz CT molecular complexity index is 3200. The van der Waals surface area contributed by atoms with Crippen LogP contribution < -0.4 is 39.7 Å². The molecule has 2 aromatic carbocycles. The Labute approximate surface area is 446 Å². The van der Waals surface area contributed by atoms with Crippen LogP contribution in [-0.4, -0.2) is 145 Å². The van der Waals surface area contributed by atoms with Crippen molar-refractivity contribution in [3.8, 4) is 34.8 Å². The van der Waals surface area contributed by atoms with E-state index in [0.29, 0.717) is 43.3 Å². The molecule has 416 valence electrons. The van der Waals surface area contributed by atoms with E-state index < -0.39 is 54.0 Å². The van der Waals surface area contributed by atoms with Gasteiger partial charge in [0.15, 0.2) is 29.1 Å². The second-order valence-electron chi connectivity index (χ2n) is 19.4. The third kappa shape index (κ3) is 12.5. The van der Waals surface area contributed by atoms with Crippen LogP contribution >= 0.6 is 0 Å². The highest BCUT2D eigenvalue weighted by Gasteiger charge is 2.41. The van der Waals surface area contributed by atoms with E-state index in [1.165, 1.54) is 64.8 Å². The SMILES string of the molecule is CC1(C)OC[C@H](COc2nccc(NC(=O)N3c4nc(-c5cccc(C(F)(F)F)c5)ncc4N4CCC[C@H]3C4)n2)O1.O=C(Nc1ccnc(OC[C@H](O)CO)n1)N1c2nc(-c3cccc(C(F)(F)F)c3)ncc2N2CCC[C@H]1C2. The molecule has 22 nitrogen and oxygen atoms in total. The maximum absolute atomic E-state index is 13.7. The maximum atomic E-state index is 13.7. The number of piperidine rings is 2. The number of nitrogens with zero attached hydrogens (tertiary/aromatic N) is 12. The van der Waals surface area contributed by atoms with Gasteiger partial charge in [-0.2, -0.15) is 36.3 Å². The molecule has 4 bridgehead atoms. The molecule has 0 spiro atoms. The summed E-state index contributed by atoms with van der Waals surface area (Å²) in [6, 6.07) is 11.1.